The van der Waals surface area contributed by atoms with Crippen molar-refractivity contribution >= 4 is 11.6 Å². The molecule has 5 nitrogen and oxygen atoms in total. The van der Waals surface area contributed by atoms with E-state index < -0.39 is 5.91 Å². The highest BCUT2D eigenvalue weighted by Gasteiger charge is 2.20. The van der Waals surface area contributed by atoms with Crippen LogP contribution in [0.15, 0.2) is 35.5 Å². The van der Waals surface area contributed by atoms with Crippen LogP contribution in [0.1, 0.15) is 28.1 Å². The molecule has 0 aliphatic carbocycles. The monoisotopic (exact) mass is 285 g/mol. The van der Waals surface area contributed by atoms with Gasteiger partial charge in [0.15, 0.2) is 5.71 Å². The summed E-state index contributed by atoms with van der Waals surface area (Å²) in [6.07, 6.45) is 0. The van der Waals surface area contributed by atoms with Crippen LogP contribution in [0.4, 0.5) is 0 Å². The van der Waals surface area contributed by atoms with Crippen molar-refractivity contribution in [2.24, 2.45) is 5.16 Å². The maximum absolute atomic E-state index is 12.4. The molecule has 1 amide bonds. The number of hydrogen-bond acceptors (Lipinski definition) is 3. The number of nitrogens with one attached hydrogen (secondary N) is 1. The first kappa shape index (κ1) is 14.8. The molecule has 0 aliphatic heterocycles. The molecule has 2 rings (SSSR count). The van der Waals surface area contributed by atoms with Crippen LogP contribution in [0.5, 0.6) is 0 Å². The Labute approximate surface area is 123 Å². The van der Waals surface area contributed by atoms with Gasteiger partial charge in [-0.2, -0.15) is 0 Å². The first-order valence-corrected chi connectivity index (χ1v) is 6.70. The van der Waals surface area contributed by atoms with E-state index in [0.29, 0.717) is 5.56 Å². The first-order valence-electron chi connectivity index (χ1n) is 6.70. The Bertz CT molecular complexity index is 675. The molecular formula is C16H19N3O2. The molecule has 0 fully saturated rings. The van der Waals surface area contributed by atoms with Crippen molar-refractivity contribution in [2.75, 3.05) is 5.43 Å². The standard InChI is InChI=1S/C16H19N3O2/c1-10-6-5-7-11(2)14(10)15(18-21)16(20)17-19-12(3)8-9-13(19)4/h5-9,21H,1-4H3,(H,17,20). The Morgan fingerprint density at radius 3 is 2.05 bits per heavy atom. The first-order chi connectivity index (χ1) is 9.95. The molecule has 0 saturated carbocycles. The predicted octanol–water partition coefficient (Wildman–Crippen LogP) is 2.67. The van der Waals surface area contributed by atoms with Crippen LogP contribution >= 0.6 is 0 Å². The molecule has 2 aromatic rings. The molecule has 1 heterocycles. The zero-order chi connectivity index (χ0) is 15.6. The van der Waals surface area contributed by atoms with E-state index in [1.165, 1.54) is 0 Å². The molecule has 0 radical (unpaired) electrons. The largest absolute Gasteiger partial charge is 0.410 e. The summed E-state index contributed by atoms with van der Waals surface area (Å²) in [5, 5.41) is 12.5. The minimum Gasteiger partial charge on any atom is -0.410 e. The summed E-state index contributed by atoms with van der Waals surface area (Å²) in [6, 6.07) is 9.48. The highest BCUT2D eigenvalue weighted by atomic mass is 16.4. The van der Waals surface area contributed by atoms with Gasteiger partial charge in [-0.25, -0.2) is 0 Å². The maximum atomic E-state index is 12.4. The molecule has 21 heavy (non-hydrogen) atoms. The molecule has 5 heteroatoms. The van der Waals surface area contributed by atoms with Crippen LogP contribution < -0.4 is 5.43 Å². The number of carbonyl (C=O) groups is 1. The summed E-state index contributed by atoms with van der Waals surface area (Å²) in [7, 11) is 0. The smallest absolute Gasteiger partial charge is 0.292 e. The van der Waals surface area contributed by atoms with E-state index in [1.807, 2.05) is 58.0 Å². The van der Waals surface area contributed by atoms with E-state index in [2.05, 4.69) is 10.6 Å². The number of rotatable bonds is 3. The number of aromatic nitrogens is 1. The number of nitrogens with zero attached hydrogens (tertiary/aromatic N) is 2. The lowest BCUT2D eigenvalue weighted by molar-refractivity contribution is -0.111. The SMILES string of the molecule is Cc1cccc(C)c1C(=NO)C(=O)Nn1c(C)ccc1C. The highest BCUT2D eigenvalue weighted by Crippen LogP contribution is 2.15. The Balaban J connectivity index is 2.37. The van der Waals surface area contributed by atoms with Crippen molar-refractivity contribution in [1.82, 2.24) is 4.68 Å². The maximum Gasteiger partial charge on any atom is 0.292 e. The van der Waals surface area contributed by atoms with Gasteiger partial charge in [0, 0.05) is 17.0 Å². The van der Waals surface area contributed by atoms with Gasteiger partial charge in [-0.3, -0.25) is 14.9 Å². The number of carbonyl (C=O) groups excluding carboxylic acids is 1. The van der Waals surface area contributed by atoms with Gasteiger partial charge in [0.25, 0.3) is 5.91 Å². The topological polar surface area (TPSA) is 66.6 Å². The van der Waals surface area contributed by atoms with E-state index >= 15 is 0 Å². The third-order valence-corrected chi connectivity index (χ3v) is 3.52. The van der Waals surface area contributed by atoms with Crippen LogP contribution in [0.2, 0.25) is 0 Å². The molecule has 110 valence electrons. The molecular weight excluding hydrogens is 266 g/mol. The molecule has 0 atom stereocenters. The average molecular weight is 285 g/mol. The van der Waals surface area contributed by atoms with Crippen molar-refractivity contribution in [2.45, 2.75) is 27.7 Å². The van der Waals surface area contributed by atoms with Crippen LogP contribution in [-0.2, 0) is 4.79 Å². The second-order valence-corrected chi connectivity index (χ2v) is 5.11. The third kappa shape index (κ3) is 2.81. The number of aryl methyl sites for hydroxylation is 4. The minimum absolute atomic E-state index is 0.0121. The number of amides is 1. The number of benzene rings is 1. The second kappa shape index (κ2) is 5.83. The summed E-state index contributed by atoms with van der Waals surface area (Å²) in [6.45, 7) is 7.55. The van der Waals surface area contributed by atoms with Gasteiger partial charge >= 0.3 is 0 Å². The van der Waals surface area contributed by atoms with Crippen LogP contribution in [0.3, 0.4) is 0 Å². The lowest BCUT2D eigenvalue weighted by atomic mass is 9.98. The summed E-state index contributed by atoms with van der Waals surface area (Å²) in [5.41, 5.74) is 6.99. The van der Waals surface area contributed by atoms with Gasteiger partial charge in [-0.1, -0.05) is 23.4 Å². The molecule has 0 unspecified atom stereocenters. The van der Waals surface area contributed by atoms with E-state index in [4.69, 9.17) is 0 Å². The predicted molar refractivity (Wildman–Crippen MR) is 82.5 cm³/mol. The fourth-order valence-corrected chi connectivity index (χ4v) is 2.40. The molecule has 1 aromatic carbocycles. The molecule has 0 bridgehead atoms. The van der Waals surface area contributed by atoms with Gasteiger partial charge in [-0.15, -0.1) is 0 Å². The Morgan fingerprint density at radius 2 is 1.57 bits per heavy atom. The van der Waals surface area contributed by atoms with Gasteiger partial charge in [0.1, 0.15) is 0 Å². The summed E-state index contributed by atoms with van der Waals surface area (Å²) in [5.74, 6) is -0.447. The Morgan fingerprint density at radius 1 is 1.05 bits per heavy atom. The van der Waals surface area contributed by atoms with Crippen LogP contribution in [0, 0.1) is 27.7 Å². The summed E-state index contributed by atoms with van der Waals surface area (Å²) >= 11 is 0. The van der Waals surface area contributed by atoms with E-state index in [9.17, 15) is 10.0 Å². The molecule has 0 aliphatic rings. The van der Waals surface area contributed by atoms with Crippen LogP contribution in [-0.4, -0.2) is 21.5 Å². The molecule has 2 N–H and O–H groups in total. The highest BCUT2D eigenvalue weighted by molar-refractivity contribution is 6.48. The van der Waals surface area contributed by atoms with Crippen LogP contribution in [0.25, 0.3) is 0 Å². The van der Waals surface area contributed by atoms with Crippen molar-refractivity contribution in [3.05, 3.63) is 58.4 Å². The fourth-order valence-electron chi connectivity index (χ4n) is 2.40. The molecule has 1 aromatic heterocycles. The lowest BCUT2D eigenvalue weighted by Crippen LogP contribution is -2.32. The van der Waals surface area contributed by atoms with Crippen molar-refractivity contribution in [3.63, 3.8) is 0 Å². The van der Waals surface area contributed by atoms with Gasteiger partial charge in [0.2, 0.25) is 0 Å². The van der Waals surface area contributed by atoms with E-state index in [-0.39, 0.29) is 5.71 Å². The second-order valence-electron chi connectivity index (χ2n) is 5.11. The van der Waals surface area contributed by atoms with E-state index in [1.54, 1.807) is 4.68 Å². The number of oxime groups is 1. The molecule has 0 spiro atoms. The number of hydrogen-bond donors (Lipinski definition) is 2. The zero-order valence-electron chi connectivity index (χ0n) is 12.6. The van der Waals surface area contributed by atoms with Crippen molar-refractivity contribution < 1.29 is 10.0 Å². The summed E-state index contributed by atoms with van der Waals surface area (Å²) < 4.78 is 1.67. The van der Waals surface area contributed by atoms with Gasteiger partial charge in [-0.05, 0) is 51.0 Å². The fraction of sp³-hybridized carbons (Fsp3) is 0.250. The average Bonchev–Trinajstić information content (AvgIpc) is 2.74. The normalized spacial score (nSPS) is 11.5. The van der Waals surface area contributed by atoms with Gasteiger partial charge in [0.05, 0.1) is 0 Å². The third-order valence-electron chi connectivity index (χ3n) is 3.52. The van der Waals surface area contributed by atoms with E-state index in [0.717, 1.165) is 22.5 Å². The quantitative estimate of drug-likeness (QED) is 0.517. The Kier molecular flexibility index (Phi) is 4.12. The Hall–Kier alpha value is -2.56. The van der Waals surface area contributed by atoms with Crippen molar-refractivity contribution in [1.29, 1.82) is 0 Å². The summed E-state index contributed by atoms with van der Waals surface area (Å²) in [4.78, 5) is 12.4. The van der Waals surface area contributed by atoms with Crippen molar-refractivity contribution in [3.8, 4) is 0 Å². The molecule has 0 saturated heterocycles. The minimum atomic E-state index is -0.447. The lowest BCUT2D eigenvalue weighted by Gasteiger charge is -2.14. The zero-order valence-corrected chi connectivity index (χ0v) is 12.6. The van der Waals surface area contributed by atoms with Gasteiger partial charge < -0.3 is 5.21 Å².